The molecule has 0 amide bonds. The third-order valence-electron chi connectivity index (χ3n) is 4.56. The van der Waals surface area contributed by atoms with E-state index in [2.05, 4.69) is 6.07 Å². The second kappa shape index (κ2) is 4.73. The zero-order valence-electron chi connectivity index (χ0n) is 11.7. The molecule has 0 saturated carbocycles. The van der Waals surface area contributed by atoms with Crippen LogP contribution >= 0.6 is 11.6 Å². The molecule has 3 nitrogen and oxygen atoms in total. The summed E-state index contributed by atoms with van der Waals surface area (Å²) in [4.78, 5) is 1.99. The molecule has 1 unspecified atom stereocenters. The van der Waals surface area contributed by atoms with Gasteiger partial charge >= 0.3 is 0 Å². The monoisotopic (exact) mass is 301 g/mol. The van der Waals surface area contributed by atoms with Crippen molar-refractivity contribution >= 4 is 11.6 Å². The van der Waals surface area contributed by atoms with Gasteiger partial charge in [-0.3, -0.25) is 4.90 Å². The van der Waals surface area contributed by atoms with E-state index in [1.807, 2.05) is 48.3 Å². The van der Waals surface area contributed by atoms with E-state index in [-0.39, 0.29) is 11.8 Å². The lowest BCUT2D eigenvalue weighted by molar-refractivity contribution is 0.0439. The number of fused-ring (bicyclic) bond motifs is 5. The molecule has 2 aliphatic rings. The Morgan fingerprint density at radius 3 is 2.76 bits per heavy atom. The number of nitrogens with zero attached hydrogens (tertiary/aromatic N) is 1. The van der Waals surface area contributed by atoms with Crippen molar-refractivity contribution < 1.29 is 9.84 Å². The van der Waals surface area contributed by atoms with Crippen molar-refractivity contribution in [3.8, 4) is 11.5 Å². The molecular formula is C17H16ClNO2. The molecule has 2 aromatic rings. The van der Waals surface area contributed by atoms with Gasteiger partial charge in [0.15, 0.2) is 0 Å². The molecule has 4 heteroatoms. The number of hydrogen-bond acceptors (Lipinski definition) is 3. The largest absolute Gasteiger partial charge is 0.457 e. The number of halogens is 1. The van der Waals surface area contributed by atoms with Crippen molar-refractivity contribution in [2.45, 2.75) is 18.1 Å². The van der Waals surface area contributed by atoms with Gasteiger partial charge in [0, 0.05) is 29.0 Å². The van der Waals surface area contributed by atoms with Gasteiger partial charge in [-0.25, -0.2) is 0 Å². The van der Waals surface area contributed by atoms with E-state index in [0.29, 0.717) is 5.02 Å². The van der Waals surface area contributed by atoms with Gasteiger partial charge in [-0.1, -0.05) is 29.8 Å². The smallest absolute Gasteiger partial charge is 0.131 e. The SMILES string of the molecule is CN1C[C@H]2c3ccccc3Oc3ccc(Cl)cc3[C@H]2C1O. The Bertz CT molecular complexity index is 703. The minimum Gasteiger partial charge on any atom is -0.457 e. The fourth-order valence-electron chi connectivity index (χ4n) is 3.55. The Morgan fingerprint density at radius 2 is 1.90 bits per heavy atom. The number of para-hydroxylation sites is 1. The molecule has 0 bridgehead atoms. The first-order valence-corrected chi connectivity index (χ1v) is 7.47. The third-order valence-corrected chi connectivity index (χ3v) is 4.80. The highest BCUT2D eigenvalue weighted by Crippen LogP contribution is 2.51. The molecule has 108 valence electrons. The Hall–Kier alpha value is -1.55. The molecular weight excluding hydrogens is 286 g/mol. The van der Waals surface area contributed by atoms with E-state index in [0.717, 1.165) is 29.2 Å². The predicted molar refractivity (Wildman–Crippen MR) is 82.1 cm³/mol. The van der Waals surface area contributed by atoms with Crippen molar-refractivity contribution in [1.82, 2.24) is 4.90 Å². The van der Waals surface area contributed by atoms with E-state index in [1.165, 1.54) is 0 Å². The maximum atomic E-state index is 10.6. The average molecular weight is 302 g/mol. The summed E-state index contributed by atoms with van der Waals surface area (Å²) in [5, 5.41) is 11.3. The molecule has 0 aromatic heterocycles. The molecule has 2 aromatic carbocycles. The lowest BCUT2D eigenvalue weighted by Crippen LogP contribution is -2.27. The number of likely N-dealkylation sites (tertiary alicyclic amines) is 1. The van der Waals surface area contributed by atoms with Gasteiger partial charge in [0.05, 0.1) is 0 Å². The van der Waals surface area contributed by atoms with E-state index >= 15 is 0 Å². The number of aliphatic hydroxyl groups excluding tert-OH is 1. The van der Waals surface area contributed by atoms with Gasteiger partial charge in [-0.15, -0.1) is 0 Å². The van der Waals surface area contributed by atoms with Crippen LogP contribution in [-0.4, -0.2) is 29.8 Å². The molecule has 1 N–H and O–H groups in total. The van der Waals surface area contributed by atoms with E-state index in [1.54, 1.807) is 0 Å². The molecule has 21 heavy (non-hydrogen) atoms. The second-order valence-electron chi connectivity index (χ2n) is 5.81. The van der Waals surface area contributed by atoms with Crippen LogP contribution in [0.1, 0.15) is 23.0 Å². The lowest BCUT2D eigenvalue weighted by atomic mass is 9.83. The van der Waals surface area contributed by atoms with Crippen LogP contribution in [0.2, 0.25) is 5.02 Å². The molecule has 0 radical (unpaired) electrons. The highest BCUT2D eigenvalue weighted by molar-refractivity contribution is 6.30. The van der Waals surface area contributed by atoms with Crippen LogP contribution in [-0.2, 0) is 0 Å². The zero-order valence-corrected chi connectivity index (χ0v) is 12.4. The van der Waals surface area contributed by atoms with Gasteiger partial charge in [-0.05, 0) is 36.9 Å². The maximum Gasteiger partial charge on any atom is 0.131 e. The van der Waals surface area contributed by atoms with Crippen molar-refractivity contribution in [2.75, 3.05) is 13.6 Å². The summed E-state index contributed by atoms with van der Waals surface area (Å²) < 4.78 is 6.09. The summed E-state index contributed by atoms with van der Waals surface area (Å²) in [6.07, 6.45) is -0.526. The Morgan fingerprint density at radius 1 is 1.14 bits per heavy atom. The Kier molecular flexibility index (Phi) is 2.96. The van der Waals surface area contributed by atoms with Crippen LogP contribution < -0.4 is 4.74 Å². The number of aliphatic hydroxyl groups is 1. The number of ether oxygens (including phenoxy) is 1. The van der Waals surface area contributed by atoms with Crippen LogP contribution in [0.4, 0.5) is 0 Å². The van der Waals surface area contributed by atoms with E-state index in [4.69, 9.17) is 16.3 Å². The normalized spacial score (nSPS) is 27.3. The molecule has 0 aliphatic carbocycles. The van der Waals surface area contributed by atoms with E-state index in [9.17, 15) is 5.11 Å². The molecule has 4 rings (SSSR count). The molecule has 3 atom stereocenters. The van der Waals surface area contributed by atoms with Crippen LogP contribution in [0.3, 0.4) is 0 Å². The first-order valence-electron chi connectivity index (χ1n) is 7.09. The molecule has 0 spiro atoms. The minimum atomic E-state index is -0.526. The number of likely N-dealkylation sites (N-methyl/N-ethyl adjacent to an activating group) is 1. The third kappa shape index (κ3) is 1.96. The van der Waals surface area contributed by atoms with Crippen molar-refractivity contribution in [3.05, 3.63) is 58.6 Å². The summed E-state index contributed by atoms with van der Waals surface area (Å²) in [5.41, 5.74) is 2.14. The highest BCUT2D eigenvalue weighted by Gasteiger charge is 2.44. The van der Waals surface area contributed by atoms with Gasteiger partial charge in [0.1, 0.15) is 17.7 Å². The zero-order chi connectivity index (χ0) is 14.6. The summed E-state index contributed by atoms with van der Waals surface area (Å²) in [5.74, 6) is 1.85. The average Bonchev–Trinajstić information content (AvgIpc) is 2.70. The van der Waals surface area contributed by atoms with Crippen LogP contribution in [0, 0.1) is 0 Å². The second-order valence-corrected chi connectivity index (χ2v) is 6.24. The first-order chi connectivity index (χ1) is 10.1. The summed E-state index contributed by atoms with van der Waals surface area (Å²) in [6.45, 7) is 0.804. The van der Waals surface area contributed by atoms with E-state index < -0.39 is 6.23 Å². The molecule has 2 heterocycles. The summed E-state index contributed by atoms with van der Waals surface area (Å²) >= 11 is 6.16. The maximum absolute atomic E-state index is 10.6. The molecule has 2 aliphatic heterocycles. The molecule has 1 fully saturated rings. The lowest BCUT2D eigenvalue weighted by Gasteiger charge is -2.22. The summed E-state index contributed by atoms with van der Waals surface area (Å²) in [7, 11) is 1.95. The van der Waals surface area contributed by atoms with Crippen LogP contribution in [0.25, 0.3) is 0 Å². The van der Waals surface area contributed by atoms with Gasteiger partial charge in [0.25, 0.3) is 0 Å². The fourth-order valence-corrected chi connectivity index (χ4v) is 3.73. The predicted octanol–water partition coefficient (Wildman–Crippen LogP) is 3.58. The van der Waals surface area contributed by atoms with Crippen LogP contribution in [0.15, 0.2) is 42.5 Å². The number of benzene rings is 2. The van der Waals surface area contributed by atoms with Gasteiger partial charge in [-0.2, -0.15) is 0 Å². The van der Waals surface area contributed by atoms with Crippen molar-refractivity contribution in [2.24, 2.45) is 0 Å². The topological polar surface area (TPSA) is 32.7 Å². The minimum absolute atomic E-state index is 0.0210. The van der Waals surface area contributed by atoms with Gasteiger partial charge in [0.2, 0.25) is 0 Å². The standard InChI is InChI=1S/C17H16ClNO2/c1-19-9-13-11-4-2-3-5-14(11)21-15-7-6-10(18)8-12(15)16(13)17(19)20/h2-8,13,16-17,20H,9H2,1H3/t13-,16+,17?/m0/s1. The Balaban J connectivity index is 1.96. The highest BCUT2D eigenvalue weighted by atomic mass is 35.5. The number of hydrogen-bond donors (Lipinski definition) is 1. The quantitative estimate of drug-likeness (QED) is 0.807. The molecule has 1 saturated heterocycles. The van der Waals surface area contributed by atoms with Crippen molar-refractivity contribution in [1.29, 1.82) is 0 Å². The van der Waals surface area contributed by atoms with Crippen LogP contribution in [0.5, 0.6) is 11.5 Å². The van der Waals surface area contributed by atoms with Gasteiger partial charge < -0.3 is 9.84 Å². The fraction of sp³-hybridized carbons (Fsp3) is 0.294. The first kappa shape index (κ1) is 13.1. The Labute approximate surface area is 128 Å². The summed E-state index contributed by atoms with van der Waals surface area (Å²) in [6, 6.07) is 13.7. The number of rotatable bonds is 0. The van der Waals surface area contributed by atoms with Crippen molar-refractivity contribution in [3.63, 3.8) is 0 Å².